The van der Waals surface area contributed by atoms with E-state index in [9.17, 15) is 22.8 Å². The quantitative estimate of drug-likeness (QED) is 0.618. The van der Waals surface area contributed by atoms with Crippen LogP contribution in [0.2, 0.25) is 0 Å². The van der Waals surface area contributed by atoms with Gasteiger partial charge in [0.1, 0.15) is 0 Å². The summed E-state index contributed by atoms with van der Waals surface area (Å²) >= 11 is 2.83. The first-order chi connectivity index (χ1) is 7.29. The van der Waals surface area contributed by atoms with Gasteiger partial charge in [0.25, 0.3) is 0 Å². The lowest BCUT2D eigenvalue weighted by atomic mass is 10.0. The fraction of sp³-hybridized carbons (Fsp3) is 0.200. The van der Waals surface area contributed by atoms with Gasteiger partial charge in [-0.15, -0.1) is 0 Å². The van der Waals surface area contributed by atoms with Gasteiger partial charge < -0.3 is 0 Å². The van der Waals surface area contributed by atoms with Gasteiger partial charge >= 0.3 is 6.18 Å². The molecule has 2 nitrogen and oxygen atoms in total. The van der Waals surface area contributed by atoms with E-state index in [4.69, 9.17) is 0 Å². The Labute approximate surface area is 97.6 Å². The Morgan fingerprint density at radius 3 is 2.31 bits per heavy atom. The topological polar surface area (TPSA) is 34.1 Å². The first kappa shape index (κ1) is 12.9. The van der Waals surface area contributed by atoms with Gasteiger partial charge in [-0.25, -0.2) is 0 Å². The highest BCUT2D eigenvalue weighted by atomic mass is 79.9. The van der Waals surface area contributed by atoms with Crippen molar-refractivity contribution in [1.29, 1.82) is 0 Å². The summed E-state index contributed by atoms with van der Waals surface area (Å²) in [6.07, 6.45) is -4.23. The number of benzene rings is 1. The summed E-state index contributed by atoms with van der Waals surface area (Å²) in [5.74, 6) is -0.747. The maximum absolute atomic E-state index is 12.6. The Balaban J connectivity index is 3.60. The minimum atomic E-state index is -4.62. The summed E-state index contributed by atoms with van der Waals surface area (Å²) in [5.41, 5.74) is -1.55. The van der Waals surface area contributed by atoms with Crippen LogP contribution in [0.15, 0.2) is 16.6 Å². The summed E-state index contributed by atoms with van der Waals surface area (Å²) in [5, 5.41) is 0. The Kier molecular flexibility index (Phi) is 3.52. The SMILES string of the molecule is CC(=O)c1c(C(F)(F)F)ccc(C=O)c1Br. The molecule has 1 aromatic carbocycles. The van der Waals surface area contributed by atoms with Crippen LogP contribution >= 0.6 is 15.9 Å². The van der Waals surface area contributed by atoms with Crippen LogP contribution in [0.25, 0.3) is 0 Å². The van der Waals surface area contributed by atoms with Crippen LogP contribution in [0.1, 0.15) is 33.2 Å². The van der Waals surface area contributed by atoms with E-state index in [0.717, 1.165) is 19.1 Å². The van der Waals surface area contributed by atoms with Crippen molar-refractivity contribution in [2.24, 2.45) is 0 Å². The predicted molar refractivity (Wildman–Crippen MR) is 54.5 cm³/mol. The van der Waals surface area contributed by atoms with E-state index in [1.54, 1.807) is 0 Å². The lowest BCUT2D eigenvalue weighted by Crippen LogP contribution is -2.13. The Morgan fingerprint density at radius 2 is 1.94 bits per heavy atom. The summed E-state index contributed by atoms with van der Waals surface area (Å²) in [7, 11) is 0. The van der Waals surface area contributed by atoms with Crippen LogP contribution in [0.3, 0.4) is 0 Å². The average molecular weight is 295 g/mol. The van der Waals surface area contributed by atoms with Gasteiger partial charge in [-0.3, -0.25) is 9.59 Å². The van der Waals surface area contributed by atoms with E-state index in [1.165, 1.54) is 0 Å². The molecule has 0 aliphatic carbocycles. The standard InChI is InChI=1S/C10H6BrF3O2/c1-5(16)8-7(10(12,13)14)3-2-6(4-15)9(8)11/h2-4H,1H3. The lowest BCUT2D eigenvalue weighted by Gasteiger charge is -2.13. The zero-order valence-corrected chi connectivity index (χ0v) is 9.65. The van der Waals surface area contributed by atoms with Gasteiger partial charge in [-0.05, 0) is 35.0 Å². The molecule has 0 atom stereocenters. The fourth-order valence-corrected chi connectivity index (χ4v) is 1.98. The van der Waals surface area contributed by atoms with Crippen molar-refractivity contribution >= 4 is 28.0 Å². The predicted octanol–water partition coefficient (Wildman–Crippen LogP) is 3.48. The zero-order chi connectivity index (χ0) is 12.5. The molecule has 6 heteroatoms. The Hall–Kier alpha value is -1.17. The summed E-state index contributed by atoms with van der Waals surface area (Å²) in [6.45, 7) is 1.02. The van der Waals surface area contributed by atoms with Crippen LogP contribution in [-0.4, -0.2) is 12.1 Å². The number of hydrogen-bond donors (Lipinski definition) is 0. The van der Waals surface area contributed by atoms with Crippen molar-refractivity contribution in [3.8, 4) is 0 Å². The van der Waals surface area contributed by atoms with Crippen molar-refractivity contribution < 1.29 is 22.8 Å². The van der Waals surface area contributed by atoms with E-state index in [1.807, 2.05) is 0 Å². The molecule has 0 radical (unpaired) electrons. The van der Waals surface area contributed by atoms with Gasteiger partial charge in [-0.2, -0.15) is 13.2 Å². The van der Waals surface area contributed by atoms with E-state index in [2.05, 4.69) is 15.9 Å². The number of carbonyl (C=O) groups excluding carboxylic acids is 2. The highest BCUT2D eigenvalue weighted by Gasteiger charge is 2.35. The third-order valence-corrected chi connectivity index (χ3v) is 2.81. The molecule has 1 rings (SSSR count). The molecule has 1 aromatic rings. The number of halogens is 4. The number of carbonyl (C=O) groups is 2. The van der Waals surface area contributed by atoms with Gasteiger partial charge in [0.05, 0.1) is 5.56 Å². The number of alkyl halides is 3. The van der Waals surface area contributed by atoms with E-state index >= 15 is 0 Å². The summed E-state index contributed by atoms with van der Waals surface area (Å²) in [4.78, 5) is 21.7. The smallest absolute Gasteiger partial charge is 0.298 e. The molecule has 0 spiro atoms. The molecule has 0 aliphatic rings. The van der Waals surface area contributed by atoms with Crippen molar-refractivity contribution in [1.82, 2.24) is 0 Å². The summed E-state index contributed by atoms with van der Waals surface area (Å²) in [6, 6.07) is 1.75. The largest absolute Gasteiger partial charge is 0.417 e. The van der Waals surface area contributed by atoms with Gasteiger partial charge in [0.15, 0.2) is 12.1 Å². The molecule has 0 saturated heterocycles. The van der Waals surface area contributed by atoms with E-state index in [-0.39, 0.29) is 10.0 Å². The molecule has 0 bridgehead atoms. The zero-order valence-electron chi connectivity index (χ0n) is 8.06. The second kappa shape index (κ2) is 4.37. The van der Waals surface area contributed by atoms with Crippen LogP contribution in [0.4, 0.5) is 13.2 Å². The lowest BCUT2D eigenvalue weighted by molar-refractivity contribution is -0.138. The first-order valence-corrected chi connectivity index (χ1v) is 4.94. The molecular weight excluding hydrogens is 289 g/mol. The molecule has 86 valence electrons. The van der Waals surface area contributed by atoms with Gasteiger partial charge in [-0.1, -0.05) is 0 Å². The van der Waals surface area contributed by atoms with E-state index in [0.29, 0.717) is 6.29 Å². The molecule has 0 saturated carbocycles. The molecule has 0 aliphatic heterocycles. The molecule has 0 amide bonds. The van der Waals surface area contributed by atoms with Crippen molar-refractivity contribution in [3.05, 3.63) is 33.3 Å². The molecule has 0 unspecified atom stereocenters. The number of rotatable bonds is 2. The van der Waals surface area contributed by atoms with Crippen molar-refractivity contribution in [2.75, 3.05) is 0 Å². The molecule has 16 heavy (non-hydrogen) atoms. The third-order valence-electron chi connectivity index (χ3n) is 1.96. The second-order valence-corrected chi connectivity index (χ2v) is 3.86. The van der Waals surface area contributed by atoms with Crippen molar-refractivity contribution in [3.63, 3.8) is 0 Å². The highest BCUT2D eigenvalue weighted by Crippen LogP contribution is 2.36. The number of aldehydes is 1. The molecular formula is C10H6BrF3O2. The molecule has 0 heterocycles. The third kappa shape index (κ3) is 2.32. The van der Waals surface area contributed by atoms with Crippen LogP contribution in [0.5, 0.6) is 0 Å². The normalized spacial score (nSPS) is 11.3. The second-order valence-electron chi connectivity index (χ2n) is 3.06. The molecule has 0 fully saturated rings. The Morgan fingerprint density at radius 1 is 1.38 bits per heavy atom. The average Bonchev–Trinajstić information content (AvgIpc) is 2.15. The van der Waals surface area contributed by atoms with Crippen molar-refractivity contribution in [2.45, 2.75) is 13.1 Å². The minimum absolute atomic E-state index is 0.0122. The Bertz CT molecular complexity index is 452. The first-order valence-electron chi connectivity index (χ1n) is 4.15. The molecule has 0 aromatic heterocycles. The monoisotopic (exact) mass is 294 g/mol. The van der Waals surface area contributed by atoms with Crippen LogP contribution < -0.4 is 0 Å². The van der Waals surface area contributed by atoms with Crippen LogP contribution in [-0.2, 0) is 6.18 Å². The number of Topliss-reactive ketones (excluding diaryl/α,β-unsaturated/α-hetero) is 1. The maximum Gasteiger partial charge on any atom is 0.417 e. The van der Waals surface area contributed by atoms with Gasteiger partial charge in [0, 0.05) is 15.6 Å². The fourth-order valence-electron chi connectivity index (χ4n) is 1.26. The van der Waals surface area contributed by atoms with Crippen LogP contribution in [0, 0.1) is 0 Å². The number of ketones is 1. The van der Waals surface area contributed by atoms with E-state index < -0.39 is 23.1 Å². The maximum atomic E-state index is 12.6. The highest BCUT2D eigenvalue weighted by molar-refractivity contribution is 9.10. The minimum Gasteiger partial charge on any atom is -0.298 e. The summed E-state index contributed by atoms with van der Waals surface area (Å²) < 4.78 is 37.6. The molecule has 0 N–H and O–H groups in total. The number of hydrogen-bond acceptors (Lipinski definition) is 2. The van der Waals surface area contributed by atoms with Gasteiger partial charge in [0.2, 0.25) is 0 Å².